The first-order chi connectivity index (χ1) is 22.3. The molecule has 1 unspecified atom stereocenters. The van der Waals surface area contributed by atoms with Crippen LogP contribution in [0, 0.1) is 18.7 Å². The number of aromatic nitrogens is 4. The molecule has 1 atom stereocenters. The van der Waals surface area contributed by atoms with E-state index in [0.717, 1.165) is 59.2 Å². The number of benzene rings is 2. The molecule has 10 nitrogen and oxygen atoms in total. The summed E-state index contributed by atoms with van der Waals surface area (Å²) < 4.78 is 19.9. The molecule has 2 fully saturated rings. The standard InChI is InChI=1S/C35H38FN7O3/c1-21-25(26-17-24(36)8-9-29(26)38-21)18-32(44)43-15-14-42(35(45)22-10-12-41(2)13-11-22)20-31(43)33-37-19-30(39-33)27-16-23-6-4-5-7-28(23)40-34(27)46-3/h4-9,16-17,19,22,31,38H,10-15,18,20H2,1-3H3,(H,37,39). The van der Waals surface area contributed by atoms with Crippen LogP contribution in [0.5, 0.6) is 5.88 Å². The van der Waals surface area contributed by atoms with E-state index in [-0.39, 0.29) is 30.0 Å². The average Bonchev–Trinajstić information content (AvgIpc) is 3.68. The van der Waals surface area contributed by atoms with Crippen LogP contribution in [0.15, 0.2) is 54.7 Å². The van der Waals surface area contributed by atoms with Crippen LogP contribution >= 0.6 is 0 Å². The van der Waals surface area contributed by atoms with Gasteiger partial charge in [0.2, 0.25) is 17.7 Å². The Morgan fingerprint density at radius 1 is 1.04 bits per heavy atom. The molecule has 2 aliphatic heterocycles. The van der Waals surface area contributed by atoms with Crippen LogP contribution in [0.4, 0.5) is 4.39 Å². The van der Waals surface area contributed by atoms with Crippen LogP contribution in [0.1, 0.15) is 36.0 Å². The predicted octanol–water partition coefficient (Wildman–Crippen LogP) is 4.86. The molecule has 3 aromatic heterocycles. The number of rotatable bonds is 6. The smallest absolute Gasteiger partial charge is 0.227 e. The number of amides is 2. The van der Waals surface area contributed by atoms with Gasteiger partial charge in [-0.2, -0.15) is 0 Å². The number of ether oxygens (including phenoxy) is 1. The van der Waals surface area contributed by atoms with Gasteiger partial charge in [-0.05, 0) is 75.8 Å². The molecule has 2 N–H and O–H groups in total. The molecule has 5 aromatic rings. The zero-order valence-corrected chi connectivity index (χ0v) is 26.3. The number of piperidine rings is 1. The Morgan fingerprint density at radius 3 is 2.65 bits per heavy atom. The van der Waals surface area contributed by atoms with Gasteiger partial charge in [0.15, 0.2) is 0 Å². The van der Waals surface area contributed by atoms with Crippen molar-refractivity contribution in [2.24, 2.45) is 5.92 Å². The number of nitrogens with one attached hydrogen (secondary N) is 2. The van der Waals surface area contributed by atoms with Gasteiger partial charge in [-0.15, -0.1) is 0 Å². The fourth-order valence-electron chi connectivity index (χ4n) is 6.95. The first-order valence-electron chi connectivity index (χ1n) is 15.8. The monoisotopic (exact) mass is 623 g/mol. The minimum atomic E-state index is -0.494. The van der Waals surface area contributed by atoms with Crippen molar-refractivity contribution in [1.29, 1.82) is 0 Å². The lowest BCUT2D eigenvalue weighted by Crippen LogP contribution is -2.54. The van der Waals surface area contributed by atoms with Crippen molar-refractivity contribution in [2.75, 3.05) is 46.9 Å². The van der Waals surface area contributed by atoms with Gasteiger partial charge in [0.1, 0.15) is 17.7 Å². The van der Waals surface area contributed by atoms with E-state index in [1.165, 1.54) is 12.1 Å². The number of hydrogen-bond acceptors (Lipinski definition) is 6. The number of pyridine rings is 1. The highest BCUT2D eigenvalue weighted by Crippen LogP contribution is 2.34. The van der Waals surface area contributed by atoms with E-state index in [9.17, 15) is 14.0 Å². The molecule has 7 rings (SSSR count). The molecule has 0 saturated carbocycles. The number of H-pyrrole nitrogens is 2. The second-order valence-electron chi connectivity index (χ2n) is 12.5. The lowest BCUT2D eigenvalue weighted by Gasteiger charge is -2.42. The number of likely N-dealkylation sites (tertiary alicyclic amines) is 1. The number of aromatic amines is 2. The van der Waals surface area contributed by atoms with Gasteiger partial charge in [0.05, 0.1) is 36.5 Å². The lowest BCUT2D eigenvalue weighted by molar-refractivity contribution is -0.146. The summed E-state index contributed by atoms with van der Waals surface area (Å²) in [6.07, 6.45) is 3.49. The van der Waals surface area contributed by atoms with E-state index < -0.39 is 6.04 Å². The van der Waals surface area contributed by atoms with Crippen molar-refractivity contribution in [3.8, 4) is 17.1 Å². The summed E-state index contributed by atoms with van der Waals surface area (Å²) in [4.78, 5) is 50.0. The van der Waals surface area contributed by atoms with Crippen molar-refractivity contribution in [3.63, 3.8) is 0 Å². The number of methoxy groups -OCH3 is 1. The number of piperazine rings is 1. The molecule has 0 radical (unpaired) electrons. The molecular formula is C35H38FN7O3. The van der Waals surface area contributed by atoms with E-state index in [2.05, 4.69) is 26.9 Å². The summed E-state index contributed by atoms with van der Waals surface area (Å²) in [5, 5.41) is 1.67. The molecule has 5 heterocycles. The molecule has 11 heteroatoms. The summed E-state index contributed by atoms with van der Waals surface area (Å²) >= 11 is 0. The van der Waals surface area contributed by atoms with Crippen LogP contribution in [-0.4, -0.2) is 93.3 Å². The molecule has 0 aliphatic carbocycles. The number of imidazole rings is 1. The minimum absolute atomic E-state index is 0.0250. The maximum atomic E-state index is 14.2. The van der Waals surface area contributed by atoms with Crippen LogP contribution in [0.25, 0.3) is 33.1 Å². The predicted molar refractivity (Wildman–Crippen MR) is 174 cm³/mol. The summed E-state index contributed by atoms with van der Waals surface area (Å²) in [5.41, 5.74) is 4.68. The summed E-state index contributed by atoms with van der Waals surface area (Å²) in [5.74, 6) is 0.712. The number of fused-ring (bicyclic) bond motifs is 2. The SMILES string of the molecule is COc1nc2ccccc2cc1-c1cnc(C2CN(C(=O)C3CCN(C)CC3)CCN2C(=O)Cc2c(C)[nH]c3ccc(F)cc23)[nH]1. The zero-order valence-electron chi connectivity index (χ0n) is 26.3. The van der Waals surface area contributed by atoms with E-state index in [1.807, 2.05) is 47.1 Å². The molecule has 2 saturated heterocycles. The van der Waals surface area contributed by atoms with Gasteiger partial charge in [-0.3, -0.25) is 9.59 Å². The quantitative estimate of drug-likeness (QED) is 0.280. The highest BCUT2D eigenvalue weighted by Gasteiger charge is 2.38. The minimum Gasteiger partial charge on any atom is -0.480 e. The Morgan fingerprint density at radius 2 is 1.85 bits per heavy atom. The third kappa shape index (κ3) is 5.60. The van der Waals surface area contributed by atoms with Crippen molar-refractivity contribution in [3.05, 3.63) is 77.6 Å². The number of halogens is 1. The van der Waals surface area contributed by atoms with Crippen molar-refractivity contribution >= 4 is 33.6 Å². The van der Waals surface area contributed by atoms with Crippen molar-refractivity contribution in [2.45, 2.75) is 32.2 Å². The Hall–Kier alpha value is -4.77. The van der Waals surface area contributed by atoms with Crippen LogP contribution < -0.4 is 4.74 Å². The largest absolute Gasteiger partial charge is 0.480 e. The van der Waals surface area contributed by atoms with Crippen molar-refractivity contribution in [1.82, 2.24) is 34.6 Å². The molecule has 46 heavy (non-hydrogen) atoms. The Kier molecular flexibility index (Phi) is 7.94. The van der Waals surface area contributed by atoms with Crippen LogP contribution in [0.3, 0.4) is 0 Å². The maximum absolute atomic E-state index is 14.2. The molecule has 2 aromatic carbocycles. The normalized spacial score (nSPS) is 18.0. The third-order valence-electron chi connectivity index (χ3n) is 9.57. The molecule has 2 aliphatic rings. The van der Waals surface area contributed by atoms with E-state index in [4.69, 9.17) is 9.72 Å². The topological polar surface area (TPSA) is 110 Å². The van der Waals surface area contributed by atoms with Crippen LogP contribution in [-0.2, 0) is 16.0 Å². The Bertz CT molecular complexity index is 1930. The second-order valence-corrected chi connectivity index (χ2v) is 12.5. The second kappa shape index (κ2) is 12.2. The van der Waals surface area contributed by atoms with Gasteiger partial charge in [0.25, 0.3) is 0 Å². The summed E-state index contributed by atoms with van der Waals surface area (Å²) in [6.45, 7) is 4.84. The number of carbonyl (C=O) groups is 2. The number of aryl methyl sites for hydroxylation is 1. The molecule has 2 amide bonds. The third-order valence-corrected chi connectivity index (χ3v) is 9.57. The van der Waals surface area contributed by atoms with Crippen LogP contribution in [0.2, 0.25) is 0 Å². The van der Waals surface area contributed by atoms with E-state index in [1.54, 1.807) is 19.4 Å². The summed E-state index contributed by atoms with van der Waals surface area (Å²) in [6, 6.07) is 13.9. The molecular weight excluding hydrogens is 585 g/mol. The molecule has 0 spiro atoms. The fourth-order valence-corrected chi connectivity index (χ4v) is 6.95. The highest BCUT2D eigenvalue weighted by atomic mass is 19.1. The maximum Gasteiger partial charge on any atom is 0.227 e. The van der Waals surface area contributed by atoms with E-state index in [0.29, 0.717) is 42.4 Å². The first-order valence-corrected chi connectivity index (χ1v) is 15.8. The zero-order chi connectivity index (χ0) is 31.9. The number of nitrogens with zero attached hydrogens (tertiary/aromatic N) is 5. The van der Waals surface area contributed by atoms with Gasteiger partial charge >= 0.3 is 0 Å². The number of carbonyl (C=O) groups excluding carboxylic acids is 2. The fraction of sp³-hybridized carbons (Fsp3) is 0.371. The van der Waals surface area contributed by atoms with Crippen molar-refractivity contribution < 1.29 is 18.7 Å². The molecule has 0 bridgehead atoms. The van der Waals surface area contributed by atoms with Gasteiger partial charge < -0.3 is 29.4 Å². The number of para-hydroxylation sites is 1. The lowest BCUT2D eigenvalue weighted by atomic mass is 9.94. The number of hydrogen-bond donors (Lipinski definition) is 2. The Labute approximate surface area is 266 Å². The van der Waals surface area contributed by atoms with Gasteiger partial charge in [-0.25, -0.2) is 14.4 Å². The van der Waals surface area contributed by atoms with Gasteiger partial charge in [0, 0.05) is 47.5 Å². The highest BCUT2D eigenvalue weighted by molar-refractivity contribution is 5.91. The molecule has 238 valence electrons. The average molecular weight is 624 g/mol. The summed E-state index contributed by atoms with van der Waals surface area (Å²) in [7, 11) is 3.67. The van der Waals surface area contributed by atoms with Gasteiger partial charge in [-0.1, -0.05) is 18.2 Å². The van der Waals surface area contributed by atoms with E-state index >= 15 is 0 Å². The first kappa shape index (κ1) is 29.9. The Balaban J connectivity index is 1.21.